The second kappa shape index (κ2) is 10.5. The van der Waals surface area contributed by atoms with E-state index in [1.807, 2.05) is 42.5 Å². The van der Waals surface area contributed by atoms with Crippen LogP contribution < -0.4 is 15.7 Å². The third-order valence-corrected chi connectivity index (χ3v) is 6.50. The number of aromatic nitrogens is 3. The summed E-state index contributed by atoms with van der Waals surface area (Å²) in [5.41, 5.74) is 3.81. The van der Waals surface area contributed by atoms with Gasteiger partial charge in [-0.3, -0.25) is 14.3 Å². The zero-order valence-corrected chi connectivity index (χ0v) is 18.9. The first kappa shape index (κ1) is 22.1. The number of carbonyl (C=O) groups excluding carboxylic acids is 1. The third kappa shape index (κ3) is 5.37. The lowest BCUT2D eigenvalue weighted by atomic mass is 10.1. The lowest BCUT2D eigenvalue weighted by Gasteiger charge is -2.14. The molecule has 1 aliphatic rings. The van der Waals surface area contributed by atoms with Crippen LogP contribution in [0.4, 0.5) is 0 Å². The first-order chi connectivity index (χ1) is 15.6. The molecule has 1 amide bonds. The molecule has 4 rings (SSSR count). The number of nitrogens with one attached hydrogen (secondary N) is 1. The maximum atomic E-state index is 12.7. The van der Waals surface area contributed by atoms with E-state index in [-0.39, 0.29) is 17.3 Å². The molecule has 1 aromatic carbocycles. The van der Waals surface area contributed by atoms with E-state index < -0.39 is 0 Å². The molecule has 0 unspecified atom stereocenters. The summed E-state index contributed by atoms with van der Waals surface area (Å²) < 4.78 is 6.88. The molecule has 3 aromatic rings. The van der Waals surface area contributed by atoms with Crippen molar-refractivity contribution in [2.24, 2.45) is 0 Å². The standard InChI is InChI=1S/C24H26N4O3S/c1-31-19-10-8-17(9-11-19)12-14-26-22(29)16-32-23-20-6-4-7-21(20)28(24(30)27-23)15-18-5-2-3-13-25-18/h2-3,5,8-11,13H,4,6-7,12,14-16H2,1H3,(H,26,29). The minimum Gasteiger partial charge on any atom is -0.497 e. The van der Waals surface area contributed by atoms with Crippen LogP contribution in [0.25, 0.3) is 0 Å². The van der Waals surface area contributed by atoms with Crippen LogP contribution in [0.15, 0.2) is 58.5 Å². The van der Waals surface area contributed by atoms with Crippen molar-refractivity contribution in [3.8, 4) is 5.75 Å². The van der Waals surface area contributed by atoms with Gasteiger partial charge in [-0.1, -0.05) is 30.0 Å². The van der Waals surface area contributed by atoms with Gasteiger partial charge in [0.1, 0.15) is 10.8 Å². The van der Waals surface area contributed by atoms with E-state index in [1.165, 1.54) is 11.8 Å². The molecule has 0 spiro atoms. The number of hydrogen-bond donors (Lipinski definition) is 1. The fourth-order valence-corrected chi connectivity index (χ4v) is 4.75. The van der Waals surface area contributed by atoms with Gasteiger partial charge in [0.15, 0.2) is 0 Å². The molecule has 7 nitrogen and oxygen atoms in total. The van der Waals surface area contributed by atoms with Gasteiger partial charge in [0.25, 0.3) is 0 Å². The molecule has 8 heteroatoms. The van der Waals surface area contributed by atoms with Crippen LogP contribution in [0, 0.1) is 0 Å². The van der Waals surface area contributed by atoms with Crippen molar-refractivity contribution in [1.82, 2.24) is 19.9 Å². The van der Waals surface area contributed by atoms with Gasteiger partial charge in [0.2, 0.25) is 5.91 Å². The summed E-state index contributed by atoms with van der Waals surface area (Å²) in [7, 11) is 1.64. The number of carbonyl (C=O) groups is 1. The van der Waals surface area contributed by atoms with E-state index in [4.69, 9.17) is 4.74 Å². The highest BCUT2D eigenvalue weighted by atomic mass is 32.2. The summed E-state index contributed by atoms with van der Waals surface area (Å²) in [5, 5.41) is 3.63. The highest BCUT2D eigenvalue weighted by Crippen LogP contribution is 2.29. The number of thioether (sulfide) groups is 1. The SMILES string of the molecule is COc1ccc(CCNC(=O)CSc2nc(=O)n(Cc3ccccn3)c3c2CCC3)cc1. The molecule has 0 aliphatic heterocycles. The second-order valence-corrected chi connectivity index (χ2v) is 8.59. The number of hydrogen-bond acceptors (Lipinski definition) is 6. The third-order valence-electron chi connectivity index (χ3n) is 5.48. The van der Waals surface area contributed by atoms with Crippen LogP contribution in [-0.4, -0.2) is 39.8 Å². The molecule has 0 bridgehead atoms. The van der Waals surface area contributed by atoms with Gasteiger partial charge in [0.05, 0.1) is 25.1 Å². The van der Waals surface area contributed by atoms with E-state index in [0.717, 1.165) is 53.9 Å². The number of ether oxygens (including phenoxy) is 1. The molecule has 32 heavy (non-hydrogen) atoms. The Morgan fingerprint density at radius 1 is 1.19 bits per heavy atom. The number of benzene rings is 1. The highest BCUT2D eigenvalue weighted by Gasteiger charge is 2.22. The maximum Gasteiger partial charge on any atom is 0.349 e. The average molecular weight is 451 g/mol. The Balaban J connectivity index is 1.35. The number of amides is 1. The van der Waals surface area contributed by atoms with E-state index >= 15 is 0 Å². The Kier molecular flexibility index (Phi) is 7.21. The summed E-state index contributed by atoms with van der Waals surface area (Å²) in [6.07, 6.45) is 5.20. The first-order valence-corrected chi connectivity index (χ1v) is 11.7. The molecule has 0 saturated heterocycles. The van der Waals surface area contributed by atoms with Crippen LogP contribution in [0.3, 0.4) is 0 Å². The van der Waals surface area contributed by atoms with Crippen LogP contribution in [0.1, 0.15) is 28.9 Å². The summed E-state index contributed by atoms with van der Waals surface area (Å²) in [6, 6.07) is 13.5. The Hall–Kier alpha value is -3.13. The molecule has 0 atom stereocenters. The number of fused-ring (bicyclic) bond motifs is 1. The normalized spacial score (nSPS) is 12.4. The van der Waals surface area contributed by atoms with Crippen LogP contribution in [-0.2, 0) is 30.6 Å². The number of methoxy groups -OCH3 is 1. The van der Waals surface area contributed by atoms with Crippen molar-refractivity contribution in [2.75, 3.05) is 19.4 Å². The Labute approximate surface area is 191 Å². The largest absolute Gasteiger partial charge is 0.497 e. The summed E-state index contributed by atoms with van der Waals surface area (Å²) in [5.74, 6) is 0.997. The Morgan fingerprint density at radius 2 is 2.03 bits per heavy atom. The second-order valence-electron chi connectivity index (χ2n) is 7.62. The van der Waals surface area contributed by atoms with Gasteiger partial charge in [-0.15, -0.1) is 0 Å². The van der Waals surface area contributed by atoms with Crippen LogP contribution >= 0.6 is 11.8 Å². The summed E-state index contributed by atoms with van der Waals surface area (Å²) in [6.45, 7) is 0.981. The van der Waals surface area contributed by atoms with Crippen molar-refractivity contribution in [3.63, 3.8) is 0 Å². The molecule has 1 N–H and O–H groups in total. The molecular formula is C24H26N4O3S. The monoisotopic (exact) mass is 450 g/mol. The molecular weight excluding hydrogens is 424 g/mol. The van der Waals surface area contributed by atoms with Gasteiger partial charge in [-0.05, 0) is 55.5 Å². The van der Waals surface area contributed by atoms with Gasteiger partial charge in [0, 0.05) is 24.0 Å². The molecule has 0 saturated carbocycles. The Morgan fingerprint density at radius 3 is 2.78 bits per heavy atom. The molecule has 1 aliphatic carbocycles. The molecule has 166 valence electrons. The first-order valence-electron chi connectivity index (χ1n) is 10.7. The van der Waals surface area contributed by atoms with Crippen LogP contribution in [0.5, 0.6) is 5.75 Å². The van der Waals surface area contributed by atoms with Gasteiger partial charge < -0.3 is 10.1 Å². The average Bonchev–Trinajstić information content (AvgIpc) is 3.31. The van der Waals surface area contributed by atoms with Gasteiger partial charge >= 0.3 is 5.69 Å². The van der Waals surface area contributed by atoms with Crippen molar-refractivity contribution < 1.29 is 9.53 Å². The smallest absolute Gasteiger partial charge is 0.349 e. The lowest BCUT2D eigenvalue weighted by molar-refractivity contribution is -0.118. The topological polar surface area (TPSA) is 86.1 Å². The highest BCUT2D eigenvalue weighted by molar-refractivity contribution is 7.99. The van der Waals surface area contributed by atoms with Crippen molar-refractivity contribution in [3.05, 3.63) is 81.7 Å². The predicted molar refractivity (Wildman–Crippen MR) is 124 cm³/mol. The van der Waals surface area contributed by atoms with Crippen molar-refractivity contribution in [2.45, 2.75) is 37.3 Å². The molecule has 2 aromatic heterocycles. The zero-order valence-electron chi connectivity index (χ0n) is 18.0. The van der Waals surface area contributed by atoms with Crippen molar-refractivity contribution >= 4 is 17.7 Å². The molecule has 0 radical (unpaired) electrons. The number of rotatable bonds is 9. The van der Waals surface area contributed by atoms with E-state index in [9.17, 15) is 9.59 Å². The zero-order chi connectivity index (χ0) is 22.3. The molecule has 2 heterocycles. The van der Waals surface area contributed by atoms with E-state index in [0.29, 0.717) is 18.1 Å². The quantitative estimate of drug-likeness (QED) is 0.398. The predicted octanol–water partition coefficient (Wildman–Crippen LogP) is 2.63. The fraction of sp³-hybridized carbons (Fsp3) is 0.333. The minimum absolute atomic E-state index is 0.0604. The number of pyridine rings is 1. The van der Waals surface area contributed by atoms with Crippen LogP contribution in [0.2, 0.25) is 0 Å². The van der Waals surface area contributed by atoms with E-state index in [2.05, 4.69) is 15.3 Å². The van der Waals surface area contributed by atoms with Gasteiger partial charge in [-0.25, -0.2) is 4.79 Å². The Bertz CT molecular complexity index is 1130. The molecule has 0 fully saturated rings. The van der Waals surface area contributed by atoms with Crippen molar-refractivity contribution in [1.29, 1.82) is 0 Å². The van der Waals surface area contributed by atoms with Gasteiger partial charge in [-0.2, -0.15) is 4.98 Å². The number of nitrogens with zero attached hydrogens (tertiary/aromatic N) is 3. The minimum atomic E-state index is -0.279. The fourth-order valence-electron chi connectivity index (χ4n) is 3.85. The summed E-state index contributed by atoms with van der Waals surface area (Å²) in [4.78, 5) is 33.7. The van der Waals surface area contributed by atoms with E-state index in [1.54, 1.807) is 17.9 Å². The maximum absolute atomic E-state index is 12.7. The summed E-state index contributed by atoms with van der Waals surface area (Å²) >= 11 is 1.35. The lowest BCUT2D eigenvalue weighted by Crippen LogP contribution is -2.29.